The van der Waals surface area contributed by atoms with Crippen LogP contribution in [-0.2, 0) is 20.9 Å². The molecule has 1 heterocycles. The van der Waals surface area contributed by atoms with Crippen molar-refractivity contribution in [2.24, 2.45) is 0 Å². The Balaban J connectivity index is 2.05. The van der Waals surface area contributed by atoms with Crippen molar-refractivity contribution in [2.45, 2.75) is 6.54 Å². The van der Waals surface area contributed by atoms with Crippen LogP contribution in [0.5, 0.6) is 0 Å². The number of nitrogens with one attached hydrogen (secondary N) is 1. The Labute approximate surface area is 125 Å². The SMILES string of the molecule is COC1=C(C(=O)NCc2cccc(Br)c2)CN(C)C1=O. The second-order valence-electron chi connectivity index (χ2n) is 4.49. The highest BCUT2D eigenvalue weighted by Crippen LogP contribution is 2.18. The van der Waals surface area contributed by atoms with Gasteiger partial charge in [0.25, 0.3) is 11.8 Å². The zero-order valence-electron chi connectivity index (χ0n) is 11.3. The normalized spacial score (nSPS) is 14.8. The van der Waals surface area contributed by atoms with Gasteiger partial charge in [-0.15, -0.1) is 0 Å². The van der Waals surface area contributed by atoms with E-state index in [2.05, 4.69) is 21.2 Å². The van der Waals surface area contributed by atoms with Crippen LogP contribution in [0, 0.1) is 0 Å². The zero-order chi connectivity index (χ0) is 14.7. The van der Waals surface area contributed by atoms with Crippen LogP contribution in [0.3, 0.4) is 0 Å². The lowest BCUT2D eigenvalue weighted by atomic mass is 10.2. The number of carbonyl (C=O) groups excluding carboxylic acids is 2. The highest BCUT2D eigenvalue weighted by molar-refractivity contribution is 9.10. The fourth-order valence-electron chi connectivity index (χ4n) is 2.00. The molecule has 0 unspecified atom stereocenters. The third-order valence-corrected chi connectivity index (χ3v) is 3.52. The Kier molecular flexibility index (Phi) is 4.44. The second-order valence-corrected chi connectivity index (χ2v) is 5.40. The minimum Gasteiger partial charge on any atom is -0.491 e. The first-order valence-corrected chi connectivity index (χ1v) is 6.87. The van der Waals surface area contributed by atoms with Gasteiger partial charge < -0.3 is 15.0 Å². The Morgan fingerprint density at radius 2 is 2.25 bits per heavy atom. The molecule has 0 aromatic heterocycles. The number of halogens is 1. The Bertz CT molecular complexity index is 584. The first-order chi connectivity index (χ1) is 9.52. The van der Waals surface area contributed by atoms with Crippen LogP contribution in [-0.4, -0.2) is 37.4 Å². The van der Waals surface area contributed by atoms with Crippen molar-refractivity contribution in [3.63, 3.8) is 0 Å². The molecule has 1 N–H and O–H groups in total. The molecule has 1 aliphatic rings. The minimum absolute atomic E-state index is 0.124. The van der Waals surface area contributed by atoms with Crippen molar-refractivity contribution in [3.8, 4) is 0 Å². The molecule has 106 valence electrons. The van der Waals surface area contributed by atoms with Crippen molar-refractivity contribution >= 4 is 27.7 Å². The van der Waals surface area contributed by atoms with Crippen LogP contribution in [0.25, 0.3) is 0 Å². The number of ether oxygens (including phenoxy) is 1. The Morgan fingerprint density at radius 1 is 1.50 bits per heavy atom. The maximum absolute atomic E-state index is 12.1. The van der Waals surface area contributed by atoms with Gasteiger partial charge in [0.05, 0.1) is 19.2 Å². The summed E-state index contributed by atoms with van der Waals surface area (Å²) in [5, 5.41) is 2.80. The van der Waals surface area contributed by atoms with Crippen molar-refractivity contribution < 1.29 is 14.3 Å². The minimum atomic E-state index is -0.278. The van der Waals surface area contributed by atoms with Gasteiger partial charge in [-0.05, 0) is 17.7 Å². The van der Waals surface area contributed by atoms with Crippen LogP contribution in [0.2, 0.25) is 0 Å². The summed E-state index contributed by atoms with van der Waals surface area (Å²) in [5.41, 5.74) is 1.35. The number of nitrogens with zero attached hydrogens (tertiary/aromatic N) is 1. The number of hydrogen-bond donors (Lipinski definition) is 1. The number of carbonyl (C=O) groups is 2. The van der Waals surface area contributed by atoms with E-state index in [4.69, 9.17) is 4.74 Å². The molecule has 20 heavy (non-hydrogen) atoms. The molecule has 0 saturated heterocycles. The van der Waals surface area contributed by atoms with E-state index < -0.39 is 0 Å². The fraction of sp³-hybridized carbons (Fsp3) is 0.286. The summed E-state index contributed by atoms with van der Waals surface area (Å²) in [4.78, 5) is 25.3. The summed E-state index contributed by atoms with van der Waals surface area (Å²) >= 11 is 3.38. The van der Waals surface area contributed by atoms with Gasteiger partial charge >= 0.3 is 0 Å². The summed E-state index contributed by atoms with van der Waals surface area (Å²) in [6.45, 7) is 0.670. The summed E-state index contributed by atoms with van der Waals surface area (Å²) in [7, 11) is 3.03. The van der Waals surface area contributed by atoms with Gasteiger partial charge in [0, 0.05) is 18.1 Å². The quantitative estimate of drug-likeness (QED) is 0.903. The smallest absolute Gasteiger partial charge is 0.289 e. The van der Waals surface area contributed by atoms with Gasteiger partial charge in [0.2, 0.25) is 0 Å². The molecule has 0 bridgehead atoms. The molecule has 2 rings (SSSR count). The average molecular weight is 339 g/mol. The zero-order valence-corrected chi connectivity index (χ0v) is 12.9. The molecule has 1 aromatic carbocycles. The van der Waals surface area contributed by atoms with E-state index in [-0.39, 0.29) is 24.1 Å². The third-order valence-electron chi connectivity index (χ3n) is 3.03. The van der Waals surface area contributed by atoms with E-state index in [0.29, 0.717) is 12.1 Å². The van der Waals surface area contributed by atoms with Gasteiger partial charge in [-0.2, -0.15) is 0 Å². The van der Waals surface area contributed by atoms with E-state index in [1.54, 1.807) is 7.05 Å². The largest absolute Gasteiger partial charge is 0.491 e. The van der Waals surface area contributed by atoms with E-state index in [9.17, 15) is 9.59 Å². The van der Waals surface area contributed by atoms with E-state index >= 15 is 0 Å². The van der Waals surface area contributed by atoms with E-state index in [1.807, 2.05) is 24.3 Å². The molecule has 0 aliphatic carbocycles. The lowest BCUT2D eigenvalue weighted by Crippen LogP contribution is -2.27. The molecule has 0 saturated carbocycles. The predicted octanol–water partition coefficient (Wildman–Crippen LogP) is 1.44. The number of amides is 2. The monoisotopic (exact) mass is 338 g/mol. The third kappa shape index (κ3) is 3.01. The summed E-state index contributed by atoms with van der Waals surface area (Å²) < 4.78 is 5.97. The van der Waals surface area contributed by atoms with Gasteiger partial charge in [-0.25, -0.2) is 0 Å². The van der Waals surface area contributed by atoms with Gasteiger partial charge in [-0.1, -0.05) is 28.1 Å². The molecule has 2 amide bonds. The van der Waals surface area contributed by atoms with Crippen LogP contribution in [0.15, 0.2) is 40.1 Å². The molecule has 6 heteroatoms. The Hall–Kier alpha value is -1.82. The molecular formula is C14H15BrN2O3. The number of likely N-dealkylation sites (N-methyl/N-ethyl adjacent to an activating group) is 1. The molecule has 1 aromatic rings. The Morgan fingerprint density at radius 3 is 2.90 bits per heavy atom. The molecule has 0 spiro atoms. The highest BCUT2D eigenvalue weighted by atomic mass is 79.9. The molecule has 0 radical (unpaired) electrons. The van der Waals surface area contributed by atoms with Crippen molar-refractivity contribution in [2.75, 3.05) is 20.7 Å². The first-order valence-electron chi connectivity index (χ1n) is 6.08. The van der Waals surface area contributed by atoms with Crippen LogP contribution < -0.4 is 5.32 Å². The summed E-state index contributed by atoms with van der Waals surface area (Å²) in [5.74, 6) is -0.418. The number of rotatable bonds is 4. The van der Waals surface area contributed by atoms with E-state index in [0.717, 1.165) is 10.0 Å². The maximum atomic E-state index is 12.1. The molecule has 1 aliphatic heterocycles. The fourth-order valence-corrected chi connectivity index (χ4v) is 2.45. The van der Waals surface area contributed by atoms with E-state index in [1.165, 1.54) is 12.0 Å². The van der Waals surface area contributed by atoms with Crippen molar-refractivity contribution in [3.05, 3.63) is 45.6 Å². The number of hydrogen-bond acceptors (Lipinski definition) is 3. The molecule has 0 fully saturated rings. The predicted molar refractivity (Wildman–Crippen MR) is 77.7 cm³/mol. The number of methoxy groups -OCH3 is 1. The standard InChI is InChI=1S/C14H15BrN2O3/c1-17-8-11(12(20-2)14(17)19)13(18)16-7-9-4-3-5-10(15)6-9/h3-6H,7-8H2,1-2H3,(H,16,18). The van der Waals surface area contributed by atoms with Crippen LogP contribution in [0.1, 0.15) is 5.56 Å². The van der Waals surface area contributed by atoms with Crippen molar-refractivity contribution in [1.29, 1.82) is 0 Å². The van der Waals surface area contributed by atoms with Gasteiger partial charge in [0.1, 0.15) is 0 Å². The first kappa shape index (κ1) is 14.6. The average Bonchev–Trinajstić information content (AvgIpc) is 2.72. The molecule has 0 atom stereocenters. The molecular weight excluding hydrogens is 324 g/mol. The highest BCUT2D eigenvalue weighted by Gasteiger charge is 2.32. The van der Waals surface area contributed by atoms with Crippen LogP contribution >= 0.6 is 15.9 Å². The van der Waals surface area contributed by atoms with Crippen molar-refractivity contribution in [1.82, 2.24) is 10.2 Å². The summed E-state index contributed by atoms with van der Waals surface area (Å²) in [6, 6.07) is 7.67. The number of benzene rings is 1. The van der Waals surface area contributed by atoms with Gasteiger partial charge in [-0.3, -0.25) is 9.59 Å². The summed E-state index contributed by atoms with van der Waals surface area (Å²) in [6.07, 6.45) is 0. The van der Waals surface area contributed by atoms with Crippen LogP contribution in [0.4, 0.5) is 0 Å². The molecule has 5 nitrogen and oxygen atoms in total. The lowest BCUT2D eigenvalue weighted by molar-refractivity contribution is -0.127. The van der Waals surface area contributed by atoms with Gasteiger partial charge in [0.15, 0.2) is 5.76 Å². The lowest BCUT2D eigenvalue weighted by Gasteiger charge is -2.08. The topological polar surface area (TPSA) is 58.6 Å². The maximum Gasteiger partial charge on any atom is 0.289 e. The second kappa shape index (κ2) is 6.09.